The van der Waals surface area contributed by atoms with Gasteiger partial charge in [-0.1, -0.05) is 48.5 Å². The molecule has 0 unspecified atom stereocenters. The maximum Gasteiger partial charge on any atom is 1.00 e. The smallest absolute Gasteiger partial charge is 0.667 e. The summed E-state index contributed by atoms with van der Waals surface area (Å²) in [6.45, 7) is 5.70. The molecule has 1 aliphatic carbocycles. The number of nitrogens with zero attached hydrogens (tertiary/aromatic N) is 1. The SMILES string of the molecule is CC(C)(C)OC(=O)N[C@@H]1C[C@H](C([NH-])=O)CN(C(=O)OCC2c3ccccc3-c3ccccc32)C1.[Rb+]. The van der Waals surface area contributed by atoms with E-state index in [9.17, 15) is 14.4 Å². The Labute approximate surface area is 254 Å². The molecule has 2 aromatic carbocycles. The number of fused-ring (bicyclic) bond motifs is 3. The van der Waals surface area contributed by atoms with Crippen LogP contribution in [0.4, 0.5) is 9.59 Å². The summed E-state index contributed by atoms with van der Waals surface area (Å²) in [5, 5.41) is 2.72. The molecule has 0 bridgehead atoms. The van der Waals surface area contributed by atoms with Crippen molar-refractivity contribution in [3.8, 4) is 11.1 Å². The summed E-state index contributed by atoms with van der Waals surface area (Å²) in [6, 6.07) is 15.7. The van der Waals surface area contributed by atoms with Crippen molar-refractivity contribution in [2.45, 2.75) is 44.8 Å². The van der Waals surface area contributed by atoms with Gasteiger partial charge >= 0.3 is 70.4 Å². The van der Waals surface area contributed by atoms with Gasteiger partial charge in [-0.05, 0) is 49.4 Å². The second-order valence-corrected chi connectivity index (χ2v) is 9.85. The van der Waals surface area contributed by atoms with Crippen LogP contribution in [0, 0.1) is 5.92 Å². The van der Waals surface area contributed by atoms with E-state index in [1.54, 1.807) is 20.8 Å². The maximum atomic E-state index is 13.0. The van der Waals surface area contributed by atoms with E-state index in [0.29, 0.717) is 0 Å². The fourth-order valence-electron chi connectivity index (χ4n) is 4.70. The molecule has 1 heterocycles. The van der Waals surface area contributed by atoms with Crippen LogP contribution in [0.2, 0.25) is 0 Å². The number of amides is 3. The number of hydrogen-bond acceptors (Lipinski definition) is 5. The summed E-state index contributed by atoms with van der Waals surface area (Å²) in [5.41, 5.74) is 11.4. The molecule has 1 fully saturated rings. The molecule has 2 aliphatic rings. The van der Waals surface area contributed by atoms with E-state index in [4.69, 9.17) is 15.2 Å². The standard InChI is InChI=1S/C26H31N3O5.Rb/c1-26(2,3)34-24(31)28-17-12-16(23(27)30)13-29(14-17)25(32)33-15-22-20-10-6-4-8-18(20)19-9-5-7-11-21(19)22;/h4-11,16-17,22H,12-15H2,1-3H3,(H3,27,28,30,31);/q;+1/p-1/t16-,17+;/m0./s1. The van der Waals surface area contributed by atoms with E-state index in [1.165, 1.54) is 4.90 Å². The minimum Gasteiger partial charge on any atom is -0.667 e. The number of hydrogen-bond donors (Lipinski definition) is 1. The molecule has 2 N–H and O–H groups in total. The van der Waals surface area contributed by atoms with Gasteiger partial charge in [-0.2, -0.15) is 0 Å². The fourth-order valence-corrected chi connectivity index (χ4v) is 4.70. The van der Waals surface area contributed by atoms with Gasteiger partial charge in [-0.25, -0.2) is 9.59 Å². The number of nitrogens with one attached hydrogen (secondary N) is 2. The van der Waals surface area contributed by atoms with Crippen LogP contribution in [0.5, 0.6) is 0 Å². The van der Waals surface area contributed by atoms with Gasteiger partial charge in [-0.3, -0.25) is 0 Å². The Morgan fingerprint density at radius 1 is 1.00 bits per heavy atom. The van der Waals surface area contributed by atoms with E-state index in [-0.39, 0.29) is 90.2 Å². The van der Waals surface area contributed by atoms with Gasteiger partial charge < -0.3 is 30.2 Å². The van der Waals surface area contributed by atoms with Crippen molar-refractivity contribution in [1.29, 1.82) is 0 Å². The van der Waals surface area contributed by atoms with Crippen molar-refractivity contribution in [3.63, 3.8) is 0 Å². The third-order valence-corrected chi connectivity index (χ3v) is 6.14. The molecule has 9 heteroatoms. The molecule has 180 valence electrons. The van der Waals surface area contributed by atoms with Crippen LogP contribution >= 0.6 is 0 Å². The number of carbonyl (C=O) groups excluding carboxylic acids is 3. The molecular formula is C26H30N3O5Rb. The average Bonchev–Trinajstić information content (AvgIpc) is 3.09. The number of carbonyl (C=O) groups is 3. The van der Waals surface area contributed by atoms with Crippen LogP contribution in [-0.2, 0) is 14.3 Å². The zero-order valence-corrected chi connectivity index (χ0v) is 25.6. The predicted molar refractivity (Wildman–Crippen MR) is 127 cm³/mol. The van der Waals surface area contributed by atoms with Crippen LogP contribution in [0.15, 0.2) is 48.5 Å². The molecule has 0 saturated carbocycles. The second kappa shape index (κ2) is 11.5. The van der Waals surface area contributed by atoms with Crippen molar-refractivity contribution in [2.75, 3.05) is 19.7 Å². The summed E-state index contributed by atoms with van der Waals surface area (Å²) in [6.07, 6.45) is -0.916. The summed E-state index contributed by atoms with van der Waals surface area (Å²) >= 11 is 0. The number of piperidine rings is 1. The number of alkyl carbamates (subject to hydrolysis) is 1. The number of rotatable bonds is 4. The Morgan fingerprint density at radius 2 is 1.57 bits per heavy atom. The van der Waals surface area contributed by atoms with E-state index < -0.39 is 35.7 Å². The topological polar surface area (TPSA) is 109 Å². The molecule has 1 aliphatic heterocycles. The monoisotopic (exact) mass is 549 g/mol. The minimum atomic E-state index is -0.771. The zero-order chi connectivity index (χ0) is 24.5. The van der Waals surface area contributed by atoms with Gasteiger partial charge in [0, 0.05) is 24.9 Å². The largest absolute Gasteiger partial charge is 1.00 e. The molecular weight excluding hydrogens is 520 g/mol. The summed E-state index contributed by atoms with van der Waals surface area (Å²) in [4.78, 5) is 38.4. The zero-order valence-electron chi connectivity index (χ0n) is 20.7. The molecule has 8 nitrogen and oxygen atoms in total. The summed E-state index contributed by atoms with van der Waals surface area (Å²) in [5.74, 6) is -1.55. The van der Waals surface area contributed by atoms with Gasteiger partial charge in [0.2, 0.25) is 0 Å². The Balaban J connectivity index is 0.00000342. The van der Waals surface area contributed by atoms with Crippen molar-refractivity contribution >= 4 is 18.1 Å². The molecule has 4 rings (SSSR count). The van der Waals surface area contributed by atoms with Gasteiger partial charge in [-0.15, -0.1) is 0 Å². The first-order valence-corrected chi connectivity index (χ1v) is 11.5. The molecule has 3 amide bonds. The molecule has 2 atom stereocenters. The second-order valence-electron chi connectivity index (χ2n) is 9.85. The normalized spacial score (nSPS) is 19.1. The third kappa shape index (κ3) is 6.73. The minimum absolute atomic E-state index is 0. The first-order valence-electron chi connectivity index (χ1n) is 11.5. The first kappa shape index (κ1) is 27.8. The fraction of sp³-hybridized carbons (Fsp3) is 0.423. The molecule has 0 aromatic heterocycles. The van der Waals surface area contributed by atoms with Gasteiger partial charge in [0.1, 0.15) is 12.2 Å². The molecule has 35 heavy (non-hydrogen) atoms. The quantitative estimate of drug-likeness (QED) is 0.625. The van der Waals surface area contributed by atoms with Crippen LogP contribution in [0.1, 0.15) is 44.2 Å². The Kier molecular flexibility index (Phi) is 9.18. The maximum absolute atomic E-state index is 13.0. The summed E-state index contributed by atoms with van der Waals surface area (Å²) in [7, 11) is 0. The number of likely N-dealkylation sites (tertiary alicyclic amines) is 1. The van der Waals surface area contributed by atoms with Crippen molar-refractivity contribution in [2.24, 2.45) is 5.92 Å². The van der Waals surface area contributed by atoms with Crippen LogP contribution in [0.25, 0.3) is 16.9 Å². The summed E-state index contributed by atoms with van der Waals surface area (Å²) < 4.78 is 11.0. The molecule has 2 aromatic rings. The Hall–Kier alpha value is -1.74. The molecule has 1 saturated heterocycles. The van der Waals surface area contributed by atoms with Crippen LogP contribution < -0.4 is 63.5 Å². The van der Waals surface area contributed by atoms with E-state index >= 15 is 0 Å². The van der Waals surface area contributed by atoms with E-state index in [2.05, 4.69) is 17.4 Å². The predicted octanol–water partition coefficient (Wildman–Crippen LogP) is 1.73. The van der Waals surface area contributed by atoms with Crippen LogP contribution in [0.3, 0.4) is 0 Å². The average molecular weight is 550 g/mol. The molecule has 0 spiro atoms. The van der Waals surface area contributed by atoms with E-state index in [0.717, 1.165) is 22.3 Å². The van der Waals surface area contributed by atoms with Crippen molar-refractivity contribution < 1.29 is 82.0 Å². The van der Waals surface area contributed by atoms with Crippen LogP contribution in [-0.4, -0.2) is 54.3 Å². The van der Waals surface area contributed by atoms with E-state index in [1.807, 2.05) is 36.4 Å². The van der Waals surface area contributed by atoms with Gasteiger partial charge in [0.15, 0.2) is 0 Å². The Bertz CT molecular complexity index is 1050. The van der Waals surface area contributed by atoms with Gasteiger partial charge in [0.25, 0.3) is 0 Å². The Morgan fingerprint density at radius 3 is 2.11 bits per heavy atom. The van der Waals surface area contributed by atoms with Crippen molar-refractivity contribution in [3.05, 3.63) is 65.4 Å². The van der Waals surface area contributed by atoms with Crippen molar-refractivity contribution in [1.82, 2.24) is 10.2 Å². The number of ether oxygens (including phenoxy) is 2. The van der Waals surface area contributed by atoms with Gasteiger partial charge in [0.05, 0.1) is 11.9 Å². The number of benzene rings is 2. The third-order valence-electron chi connectivity index (χ3n) is 6.14. The molecule has 0 radical (unpaired) electrons. The first-order chi connectivity index (χ1) is 16.1.